The van der Waals surface area contributed by atoms with E-state index in [0.29, 0.717) is 50.4 Å². The van der Waals surface area contributed by atoms with Crippen molar-refractivity contribution in [1.29, 1.82) is 0 Å². The molecule has 0 saturated carbocycles. The highest BCUT2D eigenvalue weighted by Crippen LogP contribution is 2.46. The number of fused-ring (bicyclic) bond motifs is 4. The monoisotopic (exact) mass is 780 g/mol. The number of para-hydroxylation sites is 2. The number of hydrogen-bond donors (Lipinski definition) is 4. The van der Waals surface area contributed by atoms with E-state index in [0.717, 1.165) is 16.5 Å². The van der Waals surface area contributed by atoms with Crippen molar-refractivity contribution < 1.29 is 33.7 Å². The summed E-state index contributed by atoms with van der Waals surface area (Å²) in [5.74, 6) is -1.56. The van der Waals surface area contributed by atoms with Crippen molar-refractivity contribution in [3.8, 4) is 34.1 Å². The molecule has 0 radical (unpaired) electrons. The number of benzene rings is 5. The van der Waals surface area contributed by atoms with Crippen molar-refractivity contribution in [2.75, 3.05) is 24.9 Å². The second-order valence-corrected chi connectivity index (χ2v) is 13.7. The number of anilines is 2. The molecule has 57 heavy (non-hydrogen) atoms. The van der Waals surface area contributed by atoms with Gasteiger partial charge >= 0.3 is 11.9 Å². The van der Waals surface area contributed by atoms with Crippen LogP contribution in [0.4, 0.5) is 11.4 Å². The summed E-state index contributed by atoms with van der Waals surface area (Å²) in [5, 5.41) is 30.3. The Hall–Kier alpha value is -7.18. The average Bonchev–Trinajstić information content (AvgIpc) is 3.22. The molecule has 4 aromatic carbocycles. The molecule has 0 unspecified atom stereocenters. The molecule has 2 aliphatic rings. The van der Waals surface area contributed by atoms with Gasteiger partial charge in [-0.1, -0.05) is 41.9 Å². The molecule has 0 spiro atoms. The number of aryl methyl sites for hydroxylation is 1. The molecule has 284 valence electrons. The summed E-state index contributed by atoms with van der Waals surface area (Å²) < 4.78 is 17.2. The molecule has 6 aromatic rings. The van der Waals surface area contributed by atoms with E-state index in [1.54, 1.807) is 12.1 Å². The zero-order chi connectivity index (χ0) is 40.0. The Morgan fingerprint density at radius 1 is 0.807 bits per heavy atom. The fraction of sp³-hybridized carbons (Fsp3) is 0.114. The van der Waals surface area contributed by atoms with Crippen molar-refractivity contribution >= 4 is 67.7 Å². The maximum atomic E-state index is 14.0. The Kier molecular flexibility index (Phi) is 9.56. The number of carboxylic acids is 1. The molecule has 1 aliphatic carbocycles. The van der Waals surface area contributed by atoms with Gasteiger partial charge in [0, 0.05) is 52.1 Å². The number of ether oxygens (including phenoxy) is 2. The van der Waals surface area contributed by atoms with Crippen molar-refractivity contribution in [3.05, 3.63) is 140 Å². The van der Waals surface area contributed by atoms with Gasteiger partial charge in [0.2, 0.25) is 11.3 Å². The van der Waals surface area contributed by atoms with E-state index < -0.39 is 17.4 Å². The number of phenols is 1. The van der Waals surface area contributed by atoms with Crippen LogP contribution in [-0.2, 0) is 17.8 Å². The van der Waals surface area contributed by atoms with Crippen molar-refractivity contribution in [2.45, 2.75) is 20.0 Å². The second-order valence-electron chi connectivity index (χ2n) is 13.3. The van der Waals surface area contributed by atoms with Gasteiger partial charge in [0.1, 0.15) is 17.1 Å². The molecule has 8 rings (SSSR count). The Morgan fingerprint density at radius 3 is 2.18 bits per heavy atom. The molecule has 1 aliphatic heterocycles. The van der Waals surface area contributed by atoms with E-state index >= 15 is 0 Å². The summed E-state index contributed by atoms with van der Waals surface area (Å²) in [4.78, 5) is 49.0. The zero-order valence-electron chi connectivity index (χ0n) is 30.8. The number of aromatic nitrogens is 2. The summed E-state index contributed by atoms with van der Waals surface area (Å²) in [5.41, 5.74) is 4.33. The summed E-state index contributed by atoms with van der Waals surface area (Å²) in [6.07, 6.45) is 0. The van der Waals surface area contributed by atoms with Gasteiger partial charge in [-0.3, -0.25) is 9.78 Å². The van der Waals surface area contributed by atoms with Crippen LogP contribution in [0.2, 0.25) is 5.02 Å². The third-order valence-corrected chi connectivity index (χ3v) is 10.2. The van der Waals surface area contributed by atoms with Gasteiger partial charge in [-0.2, -0.15) is 0 Å². The molecule has 0 atom stereocenters. The molecule has 0 bridgehead atoms. The number of aromatic hydroxyl groups is 1. The third-order valence-electron chi connectivity index (χ3n) is 9.88. The number of halogens is 1. The minimum absolute atomic E-state index is 0.0150. The number of hydrogen-bond acceptors (Lipinski definition) is 11. The molecule has 12 nitrogen and oxygen atoms in total. The summed E-state index contributed by atoms with van der Waals surface area (Å²) in [7, 11) is 2.75. The van der Waals surface area contributed by atoms with Gasteiger partial charge in [0.25, 0.3) is 0 Å². The summed E-state index contributed by atoms with van der Waals surface area (Å²) in [6.45, 7) is 1.84. The van der Waals surface area contributed by atoms with Gasteiger partial charge in [-0.25, -0.2) is 14.6 Å². The maximum Gasteiger partial charge on any atom is 0.338 e. The van der Waals surface area contributed by atoms with Crippen molar-refractivity contribution in [3.63, 3.8) is 0 Å². The first-order valence-electron chi connectivity index (χ1n) is 17.7. The Labute approximate surface area is 329 Å². The fourth-order valence-electron chi connectivity index (χ4n) is 7.08. The predicted octanol–water partition coefficient (Wildman–Crippen LogP) is 9.05. The Bertz CT molecular complexity index is 2960. The summed E-state index contributed by atoms with van der Waals surface area (Å²) >= 11 is 6.71. The minimum atomic E-state index is -1.23. The quantitative estimate of drug-likeness (QED) is 0.0767. The van der Waals surface area contributed by atoms with Crippen LogP contribution in [0, 0.1) is 6.92 Å². The Morgan fingerprint density at radius 2 is 1.49 bits per heavy atom. The lowest BCUT2D eigenvalue weighted by molar-refractivity contribution is 0.0599. The molecule has 0 amide bonds. The van der Waals surface area contributed by atoms with Crippen LogP contribution in [0.5, 0.6) is 11.6 Å². The van der Waals surface area contributed by atoms with Crippen LogP contribution in [-0.4, -0.2) is 46.3 Å². The number of carbonyl (C=O) groups excluding carboxylic acids is 1. The van der Waals surface area contributed by atoms with Crippen LogP contribution in [0.15, 0.2) is 106 Å². The molecule has 13 heteroatoms. The topological polar surface area (TPSA) is 173 Å². The van der Waals surface area contributed by atoms with E-state index in [-0.39, 0.29) is 57.5 Å². The number of carboxylic acid groups (broad SMARTS) is 1. The van der Waals surface area contributed by atoms with Crippen LogP contribution in [0.1, 0.15) is 37.5 Å². The lowest BCUT2D eigenvalue weighted by Gasteiger charge is -2.22. The van der Waals surface area contributed by atoms with Crippen molar-refractivity contribution in [1.82, 2.24) is 9.97 Å². The highest BCUT2D eigenvalue weighted by atomic mass is 35.5. The molecule has 4 N–H and O–H groups in total. The van der Waals surface area contributed by atoms with Crippen LogP contribution < -0.4 is 20.8 Å². The van der Waals surface area contributed by atoms with Gasteiger partial charge in [-0.05, 0) is 73.2 Å². The van der Waals surface area contributed by atoms with E-state index in [1.807, 2.05) is 61.5 Å². The number of nitrogens with zero attached hydrogens (tertiary/aromatic N) is 2. The van der Waals surface area contributed by atoms with Crippen molar-refractivity contribution in [2.24, 2.45) is 0 Å². The second kappa shape index (κ2) is 14.8. The largest absolute Gasteiger partial charge is 0.507 e. The first-order chi connectivity index (χ1) is 27.6. The van der Waals surface area contributed by atoms with Crippen LogP contribution in [0.3, 0.4) is 0 Å². The average molecular weight is 781 g/mol. The SMILES string of the molecule is COC(=O)c1ccc(C(=O)O)cc1-c1c2cc(Cl)c(=O)c(CNc3cccc4ccc(C)nc34)c-2oc2c(CNc3cccc4ccc(OC)nc34)c(O)ccc12. The number of rotatable bonds is 10. The van der Waals surface area contributed by atoms with Crippen LogP contribution in [0.25, 0.3) is 55.2 Å². The molecule has 3 heterocycles. The number of methoxy groups -OCH3 is 2. The number of nitrogens with one attached hydrogen (secondary N) is 2. The van der Waals surface area contributed by atoms with Gasteiger partial charge in [0.15, 0.2) is 0 Å². The van der Waals surface area contributed by atoms with E-state index in [9.17, 15) is 24.6 Å². The predicted molar refractivity (Wildman–Crippen MR) is 219 cm³/mol. The first-order valence-corrected chi connectivity index (χ1v) is 18.1. The van der Waals surface area contributed by atoms with E-state index in [2.05, 4.69) is 15.6 Å². The highest BCUT2D eigenvalue weighted by Gasteiger charge is 2.29. The normalized spacial score (nSPS) is 11.3. The standard InChI is InChI=1S/C44H33ClN4O8/c1-22-10-11-23-6-4-8-33(38(23)48-22)47-21-31-40(51)32(45)19-29-37(28-18-25(43(52)53)12-14-26(28)44(54)56-3)27-15-16-35(50)30(41(27)57-42(29)31)20-46-34-9-5-7-24-13-17-36(55-2)49-39(24)34/h4-19,46-47,50H,20-21H2,1-3H3,(H,52,53). The molecule has 0 fully saturated rings. The molecular weight excluding hydrogens is 748 g/mol. The molecular formula is C44H33ClN4O8. The van der Waals surface area contributed by atoms with E-state index in [1.165, 1.54) is 44.6 Å². The zero-order valence-corrected chi connectivity index (χ0v) is 31.5. The van der Waals surface area contributed by atoms with Gasteiger partial charge < -0.3 is 34.7 Å². The van der Waals surface area contributed by atoms with Crippen LogP contribution >= 0.6 is 11.6 Å². The maximum absolute atomic E-state index is 14.0. The minimum Gasteiger partial charge on any atom is -0.507 e. The number of carbonyl (C=O) groups is 2. The van der Waals surface area contributed by atoms with E-state index in [4.69, 9.17) is 30.5 Å². The van der Waals surface area contributed by atoms with Gasteiger partial charge in [0.05, 0.1) is 63.9 Å². The third kappa shape index (κ3) is 6.65. The summed E-state index contributed by atoms with van der Waals surface area (Å²) in [6, 6.07) is 27.4. The smallest absolute Gasteiger partial charge is 0.338 e. The number of phenolic OH excluding ortho intramolecular Hbond substituents is 1. The highest BCUT2D eigenvalue weighted by molar-refractivity contribution is 6.31. The number of pyridine rings is 2. The Balaban J connectivity index is 1.38. The first kappa shape index (κ1) is 36.8. The molecule has 0 saturated heterocycles. The lowest BCUT2D eigenvalue weighted by Crippen LogP contribution is -2.17. The lowest BCUT2D eigenvalue weighted by atomic mass is 9.87. The fourth-order valence-corrected chi connectivity index (χ4v) is 7.30. The van der Waals surface area contributed by atoms with Gasteiger partial charge in [-0.15, -0.1) is 0 Å². The number of esters is 1. The molecule has 2 aromatic heterocycles. The number of aromatic carboxylic acids is 1.